The Hall–Kier alpha value is -6.26. The fourth-order valence-corrected chi connectivity index (χ4v) is 7.27. The van der Waals surface area contributed by atoms with Crippen molar-refractivity contribution < 1.29 is 0 Å². The van der Waals surface area contributed by atoms with Crippen LogP contribution in [0.4, 0.5) is 0 Å². The molecule has 9 rings (SSSR count). The van der Waals surface area contributed by atoms with Crippen LogP contribution in [0.25, 0.3) is 44.2 Å². The van der Waals surface area contributed by atoms with E-state index in [-0.39, 0.29) is 6.17 Å². The first-order chi connectivity index (χ1) is 25.3. The van der Waals surface area contributed by atoms with Gasteiger partial charge in [0.15, 0.2) is 5.84 Å². The highest BCUT2D eigenvalue weighted by Crippen LogP contribution is 2.40. The number of hydrogen-bond donors (Lipinski definition) is 1. The molecule has 248 valence electrons. The molecule has 51 heavy (non-hydrogen) atoms. The SMILES string of the molecule is C1=CC(C2=NC(c3ccccc3)=NC(c3ccccc3)N2)=C(c2ccccc2-c2ccc3c(c2)c2ccccc2n3-c2ccccc2)CC1.CC. The number of aromatic nitrogens is 1. The van der Waals surface area contributed by atoms with Crippen molar-refractivity contribution >= 4 is 39.1 Å². The molecule has 0 spiro atoms. The van der Waals surface area contributed by atoms with Gasteiger partial charge in [-0.3, -0.25) is 0 Å². The number of benzene rings is 6. The van der Waals surface area contributed by atoms with Gasteiger partial charge in [-0.25, -0.2) is 9.98 Å². The minimum atomic E-state index is -0.243. The Balaban J connectivity index is 0.00000184. The summed E-state index contributed by atoms with van der Waals surface area (Å²) in [6.45, 7) is 4.00. The Labute approximate surface area is 299 Å². The maximum Gasteiger partial charge on any atom is 0.159 e. The van der Waals surface area contributed by atoms with Crippen LogP contribution in [-0.4, -0.2) is 16.2 Å². The molecule has 1 aromatic heterocycles. The van der Waals surface area contributed by atoms with E-state index < -0.39 is 0 Å². The number of nitrogens with zero attached hydrogens (tertiary/aromatic N) is 3. The van der Waals surface area contributed by atoms with Crippen molar-refractivity contribution in [2.45, 2.75) is 32.9 Å². The zero-order valence-electron chi connectivity index (χ0n) is 29.0. The first-order valence-electron chi connectivity index (χ1n) is 17.9. The van der Waals surface area contributed by atoms with Gasteiger partial charge in [-0.15, -0.1) is 0 Å². The smallest absolute Gasteiger partial charge is 0.159 e. The van der Waals surface area contributed by atoms with Crippen molar-refractivity contribution in [1.82, 2.24) is 9.88 Å². The molecule has 1 aliphatic carbocycles. The topological polar surface area (TPSA) is 41.7 Å². The summed E-state index contributed by atoms with van der Waals surface area (Å²) >= 11 is 0. The average Bonchev–Trinajstić information content (AvgIpc) is 3.56. The Morgan fingerprint density at radius 1 is 0.608 bits per heavy atom. The fraction of sp³-hybridized carbons (Fsp3) is 0.106. The molecule has 0 amide bonds. The number of nitrogens with one attached hydrogen (secondary N) is 1. The lowest BCUT2D eigenvalue weighted by Crippen LogP contribution is -2.34. The number of para-hydroxylation sites is 2. The largest absolute Gasteiger partial charge is 0.344 e. The summed E-state index contributed by atoms with van der Waals surface area (Å²) in [5, 5.41) is 6.21. The fourth-order valence-electron chi connectivity index (χ4n) is 7.27. The lowest BCUT2D eigenvalue weighted by molar-refractivity contribution is 0.674. The van der Waals surface area contributed by atoms with E-state index in [2.05, 4.69) is 155 Å². The monoisotopic (exact) mass is 660 g/mol. The predicted molar refractivity (Wildman–Crippen MR) is 216 cm³/mol. The normalized spacial score (nSPS) is 15.5. The van der Waals surface area contributed by atoms with Crippen molar-refractivity contribution in [3.8, 4) is 16.8 Å². The molecule has 1 N–H and O–H groups in total. The second-order valence-electron chi connectivity index (χ2n) is 12.5. The summed E-state index contributed by atoms with van der Waals surface area (Å²) in [4.78, 5) is 10.3. The highest BCUT2D eigenvalue weighted by Gasteiger charge is 2.25. The number of allylic oxidation sites excluding steroid dienone is 2. The van der Waals surface area contributed by atoms with Crippen LogP contribution in [-0.2, 0) is 0 Å². The molecule has 0 fully saturated rings. The van der Waals surface area contributed by atoms with E-state index in [1.54, 1.807) is 0 Å². The third kappa shape index (κ3) is 6.10. The quantitative estimate of drug-likeness (QED) is 0.189. The Kier molecular flexibility index (Phi) is 8.97. The molecule has 0 saturated heterocycles. The third-order valence-electron chi connectivity index (χ3n) is 9.57. The highest BCUT2D eigenvalue weighted by atomic mass is 15.2. The molecule has 1 aliphatic heterocycles. The zero-order valence-corrected chi connectivity index (χ0v) is 29.0. The number of fused-ring (bicyclic) bond motifs is 3. The van der Waals surface area contributed by atoms with Gasteiger partial charge in [-0.2, -0.15) is 0 Å². The van der Waals surface area contributed by atoms with E-state index in [0.717, 1.165) is 41.2 Å². The number of aliphatic imine (C=N–C) groups is 2. The summed E-state index contributed by atoms with van der Waals surface area (Å²) < 4.78 is 2.37. The lowest BCUT2D eigenvalue weighted by atomic mass is 9.86. The van der Waals surface area contributed by atoms with Crippen LogP contribution in [0.1, 0.15) is 49.5 Å². The third-order valence-corrected chi connectivity index (χ3v) is 9.57. The van der Waals surface area contributed by atoms with Crippen molar-refractivity contribution in [3.05, 3.63) is 192 Å². The summed E-state index contributed by atoms with van der Waals surface area (Å²) in [5.74, 6) is 1.59. The van der Waals surface area contributed by atoms with Crippen LogP contribution in [0.3, 0.4) is 0 Å². The van der Waals surface area contributed by atoms with Gasteiger partial charge in [-0.1, -0.05) is 153 Å². The zero-order chi connectivity index (χ0) is 34.6. The van der Waals surface area contributed by atoms with Crippen LogP contribution >= 0.6 is 0 Å². The molecule has 1 unspecified atom stereocenters. The standard InChI is InChI=1S/C45H34N4.C2H6/c1-4-16-31(17-5-1)43-46-44(32-18-6-2-7-19-32)48-45(47-43)39-26-13-12-24-37(39)36-23-11-10-22-35(36)33-28-29-42-40(30-33)38-25-14-15-27-41(38)49(42)34-20-8-3-9-21-34;1-2/h1-11,13-23,25-30,43H,12,24H2,(H,46,47,48);1-2H3. The van der Waals surface area contributed by atoms with E-state index in [9.17, 15) is 0 Å². The molecule has 6 aromatic carbocycles. The van der Waals surface area contributed by atoms with Crippen molar-refractivity contribution in [2.75, 3.05) is 0 Å². The van der Waals surface area contributed by atoms with E-state index >= 15 is 0 Å². The maximum atomic E-state index is 5.18. The molecule has 1 atom stereocenters. The van der Waals surface area contributed by atoms with Crippen LogP contribution in [0.5, 0.6) is 0 Å². The first kappa shape index (κ1) is 32.0. The molecule has 0 radical (unpaired) electrons. The van der Waals surface area contributed by atoms with Gasteiger partial charge >= 0.3 is 0 Å². The van der Waals surface area contributed by atoms with Crippen LogP contribution in [0.15, 0.2) is 185 Å². The van der Waals surface area contributed by atoms with E-state index in [4.69, 9.17) is 9.98 Å². The Morgan fingerprint density at radius 3 is 2.04 bits per heavy atom. The molecule has 0 bridgehead atoms. The van der Waals surface area contributed by atoms with Crippen molar-refractivity contribution in [1.29, 1.82) is 0 Å². The van der Waals surface area contributed by atoms with Crippen LogP contribution in [0.2, 0.25) is 0 Å². The number of amidine groups is 2. The second kappa shape index (κ2) is 14.3. The van der Waals surface area contributed by atoms with Gasteiger partial charge in [0, 0.05) is 27.6 Å². The maximum absolute atomic E-state index is 5.18. The summed E-state index contributed by atoms with van der Waals surface area (Å²) in [7, 11) is 0. The van der Waals surface area contributed by atoms with E-state index in [1.165, 1.54) is 49.8 Å². The molecular formula is C47H40N4. The minimum absolute atomic E-state index is 0.243. The molecular weight excluding hydrogens is 621 g/mol. The Morgan fingerprint density at radius 2 is 1.25 bits per heavy atom. The molecule has 0 saturated carbocycles. The number of hydrogen-bond acceptors (Lipinski definition) is 3. The highest BCUT2D eigenvalue weighted by molar-refractivity contribution is 6.17. The van der Waals surface area contributed by atoms with Gasteiger partial charge in [0.2, 0.25) is 0 Å². The summed E-state index contributed by atoms with van der Waals surface area (Å²) in [5.41, 5.74) is 11.8. The van der Waals surface area contributed by atoms with Gasteiger partial charge in [0.05, 0.1) is 11.0 Å². The molecule has 2 heterocycles. The van der Waals surface area contributed by atoms with Gasteiger partial charge in [-0.05, 0) is 71.0 Å². The lowest BCUT2D eigenvalue weighted by Gasteiger charge is -2.27. The van der Waals surface area contributed by atoms with Crippen LogP contribution in [0, 0.1) is 0 Å². The molecule has 4 heteroatoms. The second-order valence-corrected chi connectivity index (χ2v) is 12.5. The summed E-state index contributed by atoms with van der Waals surface area (Å²) in [6, 6.07) is 55.8. The van der Waals surface area contributed by atoms with Gasteiger partial charge < -0.3 is 9.88 Å². The Bertz CT molecular complexity index is 2450. The molecule has 4 nitrogen and oxygen atoms in total. The number of rotatable bonds is 6. The van der Waals surface area contributed by atoms with Crippen LogP contribution < -0.4 is 5.32 Å². The first-order valence-corrected chi connectivity index (χ1v) is 17.9. The van der Waals surface area contributed by atoms with E-state index in [1.807, 2.05) is 38.1 Å². The molecule has 7 aromatic rings. The van der Waals surface area contributed by atoms with Crippen molar-refractivity contribution in [3.63, 3.8) is 0 Å². The van der Waals surface area contributed by atoms with Crippen molar-refractivity contribution in [2.24, 2.45) is 9.98 Å². The van der Waals surface area contributed by atoms with Gasteiger partial charge in [0.25, 0.3) is 0 Å². The van der Waals surface area contributed by atoms with E-state index in [0.29, 0.717) is 0 Å². The molecule has 2 aliphatic rings. The minimum Gasteiger partial charge on any atom is -0.344 e. The average molecular weight is 661 g/mol. The summed E-state index contributed by atoms with van der Waals surface area (Å²) in [6.07, 6.45) is 6.17. The van der Waals surface area contributed by atoms with Gasteiger partial charge in [0.1, 0.15) is 12.0 Å². The predicted octanol–water partition coefficient (Wildman–Crippen LogP) is 11.7.